The molecule has 0 amide bonds. The molecule has 0 bridgehead atoms. The van der Waals surface area contributed by atoms with Gasteiger partial charge < -0.3 is 0 Å². The van der Waals surface area contributed by atoms with Crippen LogP contribution in [0.1, 0.15) is 86.8 Å². The van der Waals surface area contributed by atoms with Gasteiger partial charge in [0.2, 0.25) is 0 Å². The molecule has 248 valence electrons. The van der Waals surface area contributed by atoms with Crippen LogP contribution in [0.25, 0.3) is 4.91 Å². The summed E-state index contributed by atoms with van der Waals surface area (Å²) in [5, 5.41) is 0. The van der Waals surface area contributed by atoms with Gasteiger partial charge in [-0.25, -0.2) is 0 Å². The summed E-state index contributed by atoms with van der Waals surface area (Å²) in [5.74, 6) is 1.94. The van der Waals surface area contributed by atoms with Gasteiger partial charge in [-0.1, -0.05) is 177 Å². The van der Waals surface area contributed by atoms with Crippen molar-refractivity contribution in [3.05, 3.63) is 139 Å². The zero-order valence-corrected chi connectivity index (χ0v) is 33.3. The molecule has 0 aromatic heterocycles. The SMILES string of the molecule is C=C1SC(Sc2ccccc2C)=C(c2cc(C(C)C(C)C)ccc2CCCC(C)C)S1.Cc1ccccc1SSc1ccccc1C. The fraction of sp³-hybridized carbons (Fsp3) is 0.333. The smallest absolute Gasteiger partial charge is 0.0649 e. The highest BCUT2D eigenvalue weighted by Gasteiger charge is 2.25. The first-order chi connectivity index (χ1) is 22.5. The van der Waals surface area contributed by atoms with Gasteiger partial charge in [0.15, 0.2) is 0 Å². The molecule has 4 aromatic carbocycles. The van der Waals surface area contributed by atoms with Gasteiger partial charge in [0.1, 0.15) is 0 Å². The molecule has 1 heterocycles. The van der Waals surface area contributed by atoms with Crippen molar-refractivity contribution >= 4 is 61.8 Å². The van der Waals surface area contributed by atoms with E-state index >= 15 is 0 Å². The molecular weight excluding hydrogens is 665 g/mol. The average Bonchev–Trinajstić information content (AvgIpc) is 3.41. The number of thioether (sulfide) groups is 3. The van der Waals surface area contributed by atoms with E-state index in [0.717, 1.165) is 12.3 Å². The van der Waals surface area contributed by atoms with Crippen LogP contribution in [0.3, 0.4) is 0 Å². The maximum atomic E-state index is 4.32. The van der Waals surface area contributed by atoms with Crippen molar-refractivity contribution in [2.75, 3.05) is 0 Å². The predicted octanol–water partition coefficient (Wildman–Crippen LogP) is 15.2. The van der Waals surface area contributed by atoms with E-state index in [1.54, 1.807) is 0 Å². The predicted molar refractivity (Wildman–Crippen MR) is 220 cm³/mol. The van der Waals surface area contributed by atoms with E-state index < -0.39 is 0 Å². The molecule has 0 radical (unpaired) electrons. The van der Waals surface area contributed by atoms with E-state index in [-0.39, 0.29) is 0 Å². The van der Waals surface area contributed by atoms with Crippen molar-refractivity contribution < 1.29 is 0 Å². The number of benzene rings is 4. The summed E-state index contributed by atoms with van der Waals surface area (Å²) >= 11 is 5.61. The molecule has 1 atom stereocenters. The molecule has 1 aliphatic heterocycles. The Bertz CT molecular complexity index is 1620. The van der Waals surface area contributed by atoms with Crippen LogP contribution in [0, 0.1) is 32.6 Å². The Morgan fingerprint density at radius 3 is 1.70 bits per heavy atom. The molecule has 5 rings (SSSR count). The molecule has 47 heavy (non-hydrogen) atoms. The van der Waals surface area contributed by atoms with Crippen LogP contribution in [0.15, 0.2) is 121 Å². The molecule has 1 aliphatic rings. The van der Waals surface area contributed by atoms with Crippen LogP contribution in [0.2, 0.25) is 0 Å². The van der Waals surface area contributed by atoms with Crippen LogP contribution in [-0.2, 0) is 6.42 Å². The zero-order valence-electron chi connectivity index (χ0n) is 29.3. The van der Waals surface area contributed by atoms with Crippen molar-refractivity contribution in [1.29, 1.82) is 0 Å². The number of rotatable bonds is 12. The molecule has 4 aromatic rings. The Labute approximate surface area is 306 Å². The second-order valence-corrected chi connectivity index (χ2v) is 19.0. The lowest BCUT2D eigenvalue weighted by Crippen LogP contribution is -2.04. The van der Waals surface area contributed by atoms with Crippen molar-refractivity contribution in [2.24, 2.45) is 11.8 Å². The fourth-order valence-electron chi connectivity index (χ4n) is 5.11. The van der Waals surface area contributed by atoms with Crippen LogP contribution in [-0.4, -0.2) is 0 Å². The van der Waals surface area contributed by atoms with Crippen molar-refractivity contribution in [2.45, 2.75) is 95.3 Å². The fourth-order valence-corrected chi connectivity index (χ4v) is 11.5. The first kappa shape index (κ1) is 37.9. The summed E-state index contributed by atoms with van der Waals surface area (Å²) in [6.07, 6.45) is 3.67. The van der Waals surface area contributed by atoms with Gasteiger partial charge in [0.25, 0.3) is 0 Å². The van der Waals surface area contributed by atoms with Crippen molar-refractivity contribution in [1.82, 2.24) is 0 Å². The number of hydrogen-bond donors (Lipinski definition) is 0. The zero-order chi connectivity index (χ0) is 33.9. The van der Waals surface area contributed by atoms with Gasteiger partial charge in [-0.05, 0) is 103 Å². The van der Waals surface area contributed by atoms with Gasteiger partial charge in [0.05, 0.1) is 4.24 Å². The molecule has 0 fully saturated rings. The Morgan fingerprint density at radius 2 is 1.19 bits per heavy atom. The number of hydrogen-bond acceptors (Lipinski definition) is 5. The highest BCUT2D eigenvalue weighted by atomic mass is 33.1. The minimum atomic E-state index is 0.554. The second-order valence-electron chi connectivity index (χ2n) is 13.0. The van der Waals surface area contributed by atoms with E-state index in [1.165, 1.54) is 74.3 Å². The highest BCUT2D eigenvalue weighted by molar-refractivity contribution is 8.76. The second kappa shape index (κ2) is 18.8. The first-order valence-corrected chi connectivity index (χ1v) is 21.2. The minimum absolute atomic E-state index is 0.554. The van der Waals surface area contributed by atoms with Gasteiger partial charge >= 0.3 is 0 Å². The van der Waals surface area contributed by atoms with Gasteiger partial charge in [-0.15, -0.1) is 0 Å². The average molecular weight is 715 g/mol. The van der Waals surface area contributed by atoms with Crippen LogP contribution in [0.4, 0.5) is 0 Å². The Kier molecular flexibility index (Phi) is 15.1. The summed E-state index contributed by atoms with van der Waals surface area (Å²) in [5.41, 5.74) is 8.39. The molecule has 0 N–H and O–H groups in total. The molecule has 1 unspecified atom stereocenters. The monoisotopic (exact) mass is 714 g/mol. The topological polar surface area (TPSA) is 0 Å². The van der Waals surface area contributed by atoms with E-state index in [1.807, 2.05) is 56.9 Å². The van der Waals surface area contributed by atoms with E-state index in [9.17, 15) is 0 Å². The molecule has 0 saturated carbocycles. The third kappa shape index (κ3) is 11.3. The molecule has 0 aliphatic carbocycles. The first-order valence-electron chi connectivity index (χ1n) is 16.6. The van der Waals surface area contributed by atoms with E-state index in [0.29, 0.717) is 11.8 Å². The quantitative estimate of drug-likeness (QED) is 0.134. The molecule has 0 nitrogen and oxygen atoms in total. The third-order valence-electron chi connectivity index (χ3n) is 8.44. The Hall–Kier alpha value is -1.89. The Balaban J connectivity index is 0.000000261. The minimum Gasteiger partial charge on any atom is -0.0812 e. The van der Waals surface area contributed by atoms with Crippen LogP contribution in [0.5, 0.6) is 0 Å². The lowest BCUT2D eigenvalue weighted by molar-refractivity contribution is 0.534. The van der Waals surface area contributed by atoms with E-state index in [2.05, 4.69) is 153 Å². The summed E-state index contributed by atoms with van der Waals surface area (Å²) in [7, 11) is 3.66. The van der Waals surface area contributed by atoms with E-state index in [4.69, 9.17) is 0 Å². The lowest BCUT2D eigenvalue weighted by atomic mass is 9.87. The summed E-state index contributed by atoms with van der Waals surface area (Å²) in [6.45, 7) is 22.5. The number of aryl methyl sites for hydroxylation is 4. The van der Waals surface area contributed by atoms with Crippen molar-refractivity contribution in [3.63, 3.8) is 0 Å². The maximum Gasteiger partial charge on any atom is 0.0649 e. The largest absolute Gasteiger partial charge is 0.0812 e. The third-order valence-corrected chi connectivity index (χ3v) is 14.9. The summed E-state index contributed by atoms with van der Waals surface area (Å²) < 4.78 is 2.56. The highest BCUT2D eigenvalue weighted by Crippen LogP contribution is 2.59. The van der Waals surface area contributed by atoms with Gasteiger partial charge in [-0.2, -0.15) is 0 Å². The van der Waals surface area contributed by atoms with Crippen molar-refractivity contribution in [3.8, 4) is 0 Å². The molecular formula is C42H50S5. The normalized spacial score (nSPS) is 13.7. The van der Waals surface area contributed by atoms with Gasteiger partial charge in [0, 0.05) is 23.8 Å². The molecule has 0 saturated heterocycles. The standard InChI is InChI=1S/C28H36S3.C14H14S2/c1-18(2)11-10-13-23-15-16-24(21(6)19(3)4)17-25(23)27-28(30-22(7)29-27)31-26-14-9-8-12-20(26)5;1-11-7-3-5-9-13(11)15-16-14-10-6-4-8-12(14)2/h8-9,12,14-19,21H,7,10-11,13H2,1-6H3;3-10H,1-2H3. The maximum absolute atomic E-state index is 4.32. The summed E-state index contributed by atoms with van der Waals surface area (Å²) in [4.78, 5) is 5.43. The molecule has 5 heteroatoms. The van der Waals surface area contributed by atoms with Gasteiger partial charge in [-0.3, -0.25) is 0 Å². The Morgan fingerprint density at radius 1 is 0.660 bits per heavy atom. The van der Waals surface area contributed by atoms with Crippen LogP contribution < -0.4 is 0 Å². The summed E-state index contributed by atoms with van der Waals surface area (Å²) in [6, 6.07) is 32.9. The lowest BCUT2D eigenvalue weighted by Gasteiger charge is -2.20. The molecule has 0 spiro atoms. The van der Waals surface area contributed by atoms with Crippen LogP contribution >= 0.6 is 56.9 Å².